The van der Waals surface area contributed by atoms with Crippen LogP contribution in [0.5, 0.6) is 0 Å². The van der Waals surface area contributed by atoms with Gasteiger partial charge in [0, 0.05) is 5.56 Å². The molecule has 0 amide bonds. The van der Waals surface area contributed by atoms with Crippen LogP contribution in [-0.4, -0.2) is 11.4 Å². The molecule has 1 aromatic rings. The van der Waals surface area contributed by atoms with Crippen molar-refractivity contribution in [3.63, 3.8) is 0 Å². The average molecular weight is 204 g/mol. The fraction of sp³-hybridized carbons (Fsp3) is 0.462. The van der Waals surface area contributed by atoms with Crippen molar-refractivity contribution in [2.45, 2.75) is 31.8 Å². The van der Waals surface area contributed by atoms with E-state index in [9.17, 15) is 9.90 Å². The Hall–Kier alpha value is -1.15. The molecule has 2 heteroatoms. The van der Waals surface area contributed by atoms with Crippen molar-refractivity contribution in [2.75, 3.05) is 0 Å². The fourth-order valence-electron chi connectivity index (χ4n) is 2.13. The summed E-state index contributed by atoms with van der Waals surface area (Å²) >= 11 is 0. The van der Waals surface area contributed by atoms with E-state index in [1.807, 2.05) is 19.1 Å². The Morgan fingerprint density at radius 3 is 2.73 bits per heavy atom. The number of aldehydes is 1. The topological polar surface area (TPSA) is 37.3 Å². The molecule has 1 aromatic carbocycles. The number of aliphatic hydroxyl groups is 1. The highest BCUT2D eigenvalue weighted by Gasteiger charge is 2.37. The van der Waals surface area contributed by atoms with E-state index in [0.717, 1.165) is 24.7 Å². The lowest BCUT2D eigenvalue weighted by Crippen LogP contribution is -2.36. The zero-order chi connectivity index (χ0) is 10.9. The van der Waals surface area contributed by atoms with Crippen molar-refractivity contribution in [1.82, 2.24) is 0 Å². The number of hydrogen-bond donors (Lipinski definition) is 1. The minimum Gasteiger partial charge on any atom is -0.385 e. The second-order valence-electron chi connectivity index (χ2n) is 4.52. The molecule has 1 fully saturated rings. The van der Waals surface area contributed by atoms with Crippen LogP contribution in [-0.2, 0) is 5.60 Å². The molecule has 2 rings (SSSR count). The van der Waals surface area contributed by atoms with Gasteiger partial charge in [-0.05, 0) is 37.3 Å². The van der Waals surface area contributed by atoms with Gasteiger partial charge < -0.3 is 5.11 Å². The lowest BCUT2D eigenvalue weighted by atomic mass is 9.70. The first-order valence-corrected chi connectivity index (χ1v) is 5.42. The van der Waals surface area contributed by atoms with E-state index < -0.39 is 5.60 Å². The van der Waals surface area contributed by atoms with Gasteiger partial charge >= 0.3 is 0 Å². The summed E-state index contributed by atoms with van der Waals surface area (Å²) in [5.41, 5.74) is 0.709. The van der Waals surface area contributed by atoms with Crippen LogP contribution in [0.3, 0.4) is 0 Å². The first-order chi connectivity index (χ1) is 7.14. The van der Waals surface area contributed by atoms with E-state index in [1.54, 1.807) is 12.1 Å². The molecule has 0 bridgehead atoms. The molecular formula is C13H16O2. The largest absolute Gasteiger partial charge is 0.385 e. The molecule has 15 heavy (non-hydrogen) atoms. The third-order valence-electron chi connectivity index (χ3n) is 3.51. The SMILES string of the molecule is CC(O)(c1cccc(C=O)c1)C1CCC1. The molecule has 1 aliphatic rings. The summed E-state index contributed by atoms with van der Waals surface area (Å²) in [7, 11) is 0. The van der Waals surface area contributed by atoms with E-state index in [1.165, 1.54) is 6.42 Å². The number of rotatable bonds is 3. The highest BCUT2D eigenvalue weighted by molar-refractivity contribution is 5.75. The molecule has 1 unspecified atom stereocenters. The van der Waals surface area contributed by atoms with Crippen LogP contribution in [0.25, 0.3) is 0 Å². The van der Waals surface area contributed by atoms with Gasteiger partial charge in [-0.3, -0.25) is 4.79 Å². The van der Waals surface area contributed by atoms with Gasteiger partial charge in [0.15, 0.2) is 0 Å². The van der Waals surface area contributed by atoms with Gasteiger partial charge in [0.05, 0.1) is 5.60 Å². The third kappa shape index (κ3) is 1.82. The van der Waals surface area contributed by atoms with E-state index in [0.29, 0.717) is 11.5 Å². The molecule has 80 valence electrons. The molecule has 2 nitrogen and oxygen atoms in total. The Morgan fingerprint density at radius 2 is 2.20 bits per heavy atom. The molecule has 0 aliphatic heterocycles. The zero-order valence-electron chi connectivity index (χ0n) is 8.94. The molecule has 0 saturated heterocycles. The smallest absolute Gasteiger partial charge is 0.150 e. The van der Waals surface area contributed by atoms with Crippen molar-refractivity contribution in [1.29, 1.82) is 0 Å². The lowest BCUT2D eigenvalue weighted by molar-refractivity contribution is -0.0399. The van der Waals surface area contributed by atoms with Gasteiger partial charge in [-0.2, -0.15) is 0 Å². The number of benzene rings is 1. The van der Waals surface area contributed by atoms with Gasteiger partial charge in [-0.15, -0.1) is 0 Å². The highest BCUT2D eigenvalue weighted by atomic mass is 16.3. The van der Waals surface area contributed by atoms with E-state index in [-0.39, 0.29) is 0 Å². The molecule has 0 spiro atoms. The highest BCUT2D eigenvalue weighted by Crippen LogP contribution is 2.42. The van der Waals surface area contributed by atoms with Crippen molar-refractivity contribution in [3.8, 4) is 0 Å². The predicted octanol–water partition coefficient (Wildman–Crippen LogP) is 2.51. The molecule has 1 N–H and O–H groups in total. The monoisotopic (exact) mass is 204 g/mol. The van der Waals surface area contributed by atoms with Crippen LogP contribution in [0.15, 0.2) is 24.3 Å². The van der Waals surface area contributed by atoms with Gasteiger partial charge in [0.2, 0.25) is 0 Å². The van der Waals surface area contributed by atoms with Crippen LogP contribution < -0.4 is 0 Å². The lowest BCUT2D eigenvalue weighted by Gasteiger charge is -2.39. The molecule has 1 aliphatic carbocycles. The van der Waals surface area contributed by atoms with Crippen molar-refractivity contribution >= 4 is 6.29 Å². The van der Waals surface area contributed by atoms with Gasteiger partial charge in [-0.1, -0.05) is 24.6 Å². The maximum Gasteiger partial charge on any atom is 0.150 e. The Labute approximate surface area is 89.9 Å². The van der Waals surface area contributed by atoms with Gasteiger partial charge in [0.25, 0.3) is 0 Å². The fourth-order valence-corrected chi connectivity index (χ4v) is 2.13. The van der Waals surface area contributed by atoms with Gasteiger partial charge in [-0.25, -0.2) is 0 Å². The summed E-state index contributed by atoms with van der Waals surface area (Å²) in [6.07, 6.45) is 4.19. The standard InChI is InChI=1S/C13H16O2/c1-13(15,11-5-3-6-11)12-7-2-4-10(8-12)9-14/h2,4,7-9,11,15H,3,5-6H2,1H3. The van der Waals surface area contributed by atoms with Gasteiger partial charge in [0.1, 0.15) is 6.29 Å². The summed E-state index contributed by atoms with van der Waals surface area (Å²) in [4.78, 5) is 10.7. The van der Waals surface area contributed by atoms with Crippen LogP contribution >= 0.6 is 0 Å². The third-order valence-corrected chi connectivity index (χ3v) is 3.51. The second-order valence-corrected chi connectivity index (χ2v) is 4.52. The Bertz CT molecular complexity index is 365. The first kappa shape index (κ1) is 10.4. The molecule has 0 aromatic heterocycles. The summed E-state index contributed by atoms with van der Waals surface area (Å²) in [5, 5.41) is 10.4. The summed E-state index contributed by atoms with van der Waals surface area (Å²) in [6, 6.07) is 7.26. The van der Waals surface area contributed by atoms with E-state index >= 15 is 0 Å². The maximum atomic E-state index is 10.7. The molecule has 0 radical (unpaired) electrons. The second kappa shape index (κ2) is 3.78. The quantitative estimate of drug-likeness (QED) is 0.768. The normalized spacial score (nSPS) is 20.4. The Morgan fingerprint density at radius 1 is 1.47 bits per heavy atom. The maximum absolute atomic E-state index is 10.7. The Balaban J connectivity index is 2.30. The van der Waals surface area contributed by atoms with Crippen molar-refractivity contribution < 1.29 is 9.90 Å². The molecule has 1 atom stereocenters. The summed E-state index contributed by atoms with van der Waals surface area (Å²) in [5.74, 6) is 0.347. The zero-order valence-corrected chi connectivity index (χ0v) is 8.94. The molecule has 0 heterocycles. The predicted molar refractivity (Wildman–Crippen MR) is 58.7 cm³/mol. The average Bonchev–Trinajstić information content (AvgIpc) is 2.14. The Kier molecular flexibility index (Phi) is 2.61. The first-order valence-electron chi connectivity index (χ1n) is 5.42. The van der Waals surface area contributed by atoms with Crippen LogP contribution in [0.2, 0.25) is 0 Å². The van der Waals surface area contributed by atoms with Crippen molar-refractivity contribution in [3.05, 3.63) is 35.4 Å². The summed E-state index contributed by atoms with van der Waals surface area (Å²) in [6.45, 7) is 1.85. The molecular weight excluding hydrogens is 188 g/mol. The number of hydrogen-bond acceptors (Lipinski definition) is 2. The molecule has 1 saturated carbocycles. The minimum atomic E-state index is -0.780. The van der Waals surface area contributed by atoms with E-state index in [2.05, 4.69) is 0 Å². The number of carbonyl (C=O) groups is 1. The van der Waals surface area contributed by atoms with E-state index in [4.69, 9.17) is 0 Å². The number of carbonyl (C=O) groups excluding carboxylic acids is 1. The van der Waals surface area contributed by atoms with Crippen LogP contribution in [0.1, 0.15) is 42.1 Å². The van der Waals surface area contributed by atoms with Crippen LogP contribution in [0.4, 0.5) is 0 Å². The van der Waals surface area contributed by atoms with Crippen molar-refractivity contribution in [2.24, 2.45) is 5.92 Å². The summed E-state index contributed by atoms with van der Waals surface area (Å²) < 4.78 is 0. The minimum absolute atomic E-state index is 0.347. The van der Waals surface area contributed by atoms with Crippen LogP contribution in [0, 0.1) is 5.92 Å².